The van der Waals surface area contributed by atoms with Gasteiger partial charge in [-0.15, -0.1) is 0 Å². The lowest BCUT2D eigenvalue weighted by Gasteiger charge is -2.27. The van der Waals surface area contributed by atoms with Crippen LogP contribution in [0.5, 0.6) is 0 Å². The van der Waals surface area contributed by atoms with E-state index < -0.39 is 0 Å². The largest absolute Gasteiger partial charge is 0.274 e. The Morgan fingerprint density at radius 1 is 0.545 bits per heavy atom. The van der Waals surface area contributed by atoms with E-state index >= 15 is 0 Å². The van der Waals surface area contributed by atoms with Crippen molar-refractivity contribution < 1.29 is 4.57 Å². The highest BCUT2D eigenvalue weighted by molar-refractivity contribution is 7.26. The van der Waals surface area contributed by atoms with Gasteiger partial charge in [-0.25, -0.2) is 0 Å². The van der Waals surface area contributed by atoms with Crippen LogP contribution in [0.25, 0.3) is 0 Å². The number of hydrogen-bond donors (Lipinski definition) is 0. The van der Waals surface area contributed by atoms with E-state index in [1.54, 1.807) is 0 Å². The van der Waals surface area contributed by atoms with Gasteiger partial charge in [-0.3, -0.25) is 4.57 Å². The maximum Gasteiger partial charge on any atom is 0.162 e. The van der Waals surface area contributed by atoms with Crippen molar-refractivity contribution in [2.24, 2.45) is 0 Å². The highest BCUT2D eigenvalue weighted by atomic mass is 31.1. The molecule has 0 aliphatic heterocycles. The quantitative estimate of drug-likeness (QED) is 0.194. The Morgan fingerprint density at radius 2 is 0.864 bits per heavy atom. The van der Waals surface area contributed by atoms with Crippen molar-refractivity contribution in [3.8, 4) is 0 Å². The molecule has 0 atom stereocenters. The van der Waals surface area contributed by atoms with Crippen LogP contribution >= 0.6 is 8.46 Å². The molecule has 0 radical (unpaired) electrons. The molecule has 0 rings (SSSR count). The summed E-state index contributed by atoms with van der Waals surface area (Å²) >= 11 is 0. The lowest BCUT2D eigenvalue weighted by molar-refractivity contribution is 0.392. The molecule has 0 aliphatic carbocycles. The van der Waals surface area contributed by atoms with Gasteiger partial charge in [0.1, 0.15) is 0 Å². The number of rotatable bonds is 17. The van der Waals surface area contributed by atoms with Crippen molar-refractivity contribution in [2.75, 3.05) is 0 Å². The lowest BCUT2D eigenvalue weighted by Crippen LogP contribution is -2.22. The third-order valence-corrected chi connectivity index (χ3v) is 5.99. The van der Waals surface area contributed by atoms with Crippen LogP contribution < -0.4 is 0 Å². The fraction of sp³-hybridized carbons (Fsp3) is 1.00. The van der Waals surface area contributed by atoms with Crippen molar-refractivity contribution in [2.45, 2.75) is 129 Å². The standard InChI is InChI=1S/C20H41OP/c1-4-7-10-13-16-19-20(22-21,17-14-11-8-5-2)18-15-12-9-6-3/h4-19H2,1-3H3. The summed E-state index contributed by atoms with van der Waals surface area (Å²) in [5.74, 6) is 0. The van der Waals surface area contributed by atoms with Crippen LogP contribution in [0.1, 0.15) is 124 Å². The summed E-state index contributed by atoms with van der Waals surface area (Å²) in [6, 6.07) is 0. The number of unbranched alkanes of at least 4 members (excludes halogenated alkanes) is 10. The van der Waals surface area contributed by atoms with E-state index in [2.05, 4.69) is 20.8 Å². The van der Waals surface area contributed by atoms with Crippen molar-refractivity contribution in [3.05, 3.63) is 0 Å². The van der Waals surface area contributed by atoms with Gasteiger partial charge >= 0.3 is 0 Å². The molecule has 0 spiro atoms. The molecular weight excluding hydrogens is 287 g/mol. The predicted molar refractivity (Wildman–Crippen MR) is 101 cm³/mol. The normalized spacial score (nSPS) is 12.1. The average molecular weight is 329 g/mol. The minimum absolute atomic E-state index is 0.105. The van der Waals surface area contributed by atoms with Gasteiger partial charge in [0.15, 0.2) is 8.46 Å². The third kappa shape index (κ3) is 11.6. The molecule has 0 aromatic rings. The van der Waals surface area contributed by atoms with Crippen LogP contribution in [-0.4, -0.2) is 5.16 Å². The second kappa shape index (κ2) is 16.0. The minimum Gasteiger partial charge on any atom is -0.274 e. The highest BCUT2D eigenvalue weighted by Crippen LogP contribution is 2.40. The molecule has 0 heterocycles. The molecule has 0 unspecified atom stereocenters. The Labute approximate surface area is 142 Å². The average Bonchev–Trinajstić information content (AvgIpc) is 2.54. The van der Waals surface area contributed by atoms with Gasteiger partial charge in [-0.05, 0) is 19.3 Å². The Hall–Kier alpha value is 0.100. The topological polar surface area (TPSA) is 17.1 Å². The molecule has 1 nitrogen and oxygen atoms in total. The molecule has 2 heteroatoms. The minimum atomic E-state index is 0.105. The maximum absolute atomic E-state index is 12.0. The summed E-state index contributed by atoms with van der Waals surface area (Å²) in [5, 5.41) is 0.105. The first-order chi connectivity index (χ1) is 10.7. The van der Waals surface area contributed by atoms with Gasteiger partial charge in [-0.2, -0.15) is 0 Å². The number of hydrogen-bond acceptors (Lipinski definition) is 1. The summed E-state index contributed by atoms with van der Waals surface area (Å²) in [6.07, 6.45) is 20.6. The fourth-order valence-electron chi connectivity index (χ4n) is 3.33. The molecule has 22 heavy (non-hydrogen) atoms. The van der Waals surface area contributed by atoms with Crippen LogP contribution in [0.4, 0.5) is 0 Å². The van der Waals surface area contributed by atoms with Gasteiger partial charge in [-0.1, -0.05) is 104 Å². The highest BCUT2D eigenvalue weighted by Gasteiger charge is 2.29. The molecule has 0 fully saturated rings. The Bertz CT molecular complexity index is 228. The Balaban J connectivity index is 4.25. The molecule has 0 N–H and O–H groups in total. The summed E-state index contributed by atoms with van der Waals surface area (Å²) in [7, 11) is 0.426. The molecule has 0 amide bonds. The molecule has 132 valence electrons. The van der Waals surface area contributed by atoms with Gasteiger partial charge < -0.3 is 0 Å². The molecule has 0 aliphatic rings. The van der Waals surface area contributed by atoms with E-state index in [1.165, 1.54) is 103 Å². The zero-order chi connectivity index (χ0) is 16.5. The first-order valence-corrected chi connectivity index (χ1v) is 10.9. The first-order valence-electron chi connectivity index (χ1n) is 10.1. The van der Waals surface area contributed by atoms with Crippen LogP contribution in [0, 0.1) is 0 Å². The van der Waals surface area contributed by atoms with E-state index in [4.69, 9.17) is 0 Å². The molecular formula is C20H41OP. The van der Waals surface area contributed by atoms with E-state index in [0.29, 0.717) is 8.46 Å². The monoisotopic (exact) mass is 328 g/mol. The molecule has 0 bridgehead atoms. The van der Waals surface area contributed by atoms with Crippen molar-refractivity contribution in [1.29, 1.82) is 0 Å². The van der Waals surface area contributed by atoms with Gasteiger partial charge in [0, 0.05) is 0 Å². The van der Waals surface area contributed by atoms with Crippen LogP contribution in [0.15, 0.2) is 0 Å². The second-order valence-electron chi connectivity index (χ2n) is 7.10. The van der Waals surface area contributed by atoms with Crippen LogP contribution in [0.2, 0.25) is 0 Å². The van der Waals surface area contributed by atoms with E-state index in [9.17, 15) is 4.57 Å². The summed E-state index contributed by atoms with van der Waals surface area (Å²) < 4.78 is 12.0. The molecule has 0 saturated heterocycles. The summed E-state index contributed by atoms with van der Waals surface area (Å²) in [6.45, 7) is 6.79. The van der Waals surface area contributed by atoms with E-state index in [0.717, 1.165) is 0 Å². The third-order valence-electron chi connectivity index (χ3n) is 4.93. The molecule has 0 saturated carbocycles. The molecule has 0 aromatic carbocycles. The van der Waals surface area contributed by atoms with Crippen molar-refractivity contribution in [1.82, 2.24) is 0 Å². The van der Waals surface area contributed by atoms with Gasteiger partial charge in [0.05, 0.1) is 5.16 Å². The Morgan fingerprint density at radius 3 is 1.18 bits per heavy atom. The summed E-state index contributed by atoms with van der Waals surface area (Å²) in [4.78, 5) is 0. The predicted octanol–water partition coefficient (Wildman–Crippen LogP) is 8.32. The van der Waals surface area contributed by atoms with Crippen LogP contribution in [-0.2, 0) is 4.57 Å². The fourth-order valence-corrected chi connectivity index (χ4v) is 4.08. The lowest BCUT2D eigenvalue weighted by atomic mass is 9.88. The maximum atomic E-state index is 12.0. The smallest absolute Gasteiger partial charge is 0.162 e. The SMILES string of the molecule is CCCCCCCC(CCCCCC)(CCCCCC)P=O. The Kier molecular flexibility index (Phi) is 16.0. The first kappa shape index (κ1) is 22.1. The van der Waals surface area contributed by atoms with E-state index in [1.807, 2.05) is 0 Å². The van der Waals surface area contributed by atoms with Gasteiger partial charge in [0.2, 0.25) is 0 Å². The zero-order valence-corrected chi connectivity index (χ0v) is 16.6. The van der Waals surface area contributed by atoms with E-state index in [-0.39, 0.29) is 5.16 Å². The second-order valence-corrected chi connectivity index (χ2v) is 8.23. The van der Waals surface area contributed by atoms with Gasteiger partial charge in [0.25, 0.3) is 0 Å². The zero-order valence-electron chi connectivity index (χ0n) is 15.7. The molecule has 0 aromatic heterocycles. The van der Waals surface area contributed by atoms with Crippen LogP contribution in [0.3, 0.4) is 0 Å². The van der Waals surface area contributed by atoms with Crippen molar-refractivity contribution in [3.63, 3.8) is 0 Å². The van der Waals surface area contributed by atoms with Crippen molar-refractivity contribution >= 4 is 8.46 Å². The summed E-state index contributed by atoms with van der Waals surface area (Å²) in [5.41, 5.74) is 0.